The van der Waals surface area contributed by atoms with Crippen molar-refractivity contribution < 1.29 is 13.2 Å². The number of carbonyl (C=O) groups excluding carboxylic acids is 1. The Morgan fingerprint density at radius 1 is 1.40 bits per heavy atom. The third kappa shape index (κ3) is 4.96. The molecule has 3 N–H and O–H groups in total. The lowest BCUT2D eigenvalue weighted by molar-refractivity contribution is -0.119. The van der Waals surface area contributed by atoms with Crippen LogP contribution in [0.5, 0.6) is 0 Å². The van der Waals surface area contributed by atoms with Gasteiger partial charge in [0.25, 0.3) is 0 Å². The number of nitrogens with two attached hydrogens (primary N) is 1. The van der Waals surface area contributed by atoms with Crippen LogP contribution in [0.15, 0.2) is 28.3 Å². The number of sulfonamides is 1. The van der Waals surface area contributed by atoms with Crippen LogP contribution >= 0.6 is 11.8 Å². The molecule has 25 heavy (non-hydrogen) atoms. The first kappa shape index (κ1) is 19.7. The second-order valence-electron chi connectivity index (χ2n) is 5.91. The number of nitrogens with zero attached hydrogens (tertiary/aromatic N) is 2. The summed E-state index contributed by atoms with van der Waals surface area (Å²) in [7, 11) is -3.77. The van der Waals surface area contributed by atoms with Gasteiger partial charge >= 0.3 is 0 Å². The molecule has 2 aromatic rings. The SMILES string of the molecule is CCCn1c(SCC(=O)N[C@@H](C)CC)nc2cc(S(N)(=O)=O)ccc21. The molecule has 0 aliphatic heterocycles. The molecule has 0 fully saturated rings. The van der Waals surface area contributed by atoms with E-state index in [1.165, 1.54) is 23.9 Å². The molecule has 0 spiro atoms. The highest BCUT2D eigenvalue weighted by atomic mass is 32.2. The highest BCUT2D eigenvalue weighted by Crippen LogP contribution is 2.26. The highest BCUT2D eigenvalue weighted by molar-refractivity contribution is 7.99. The third-order valence-corrected chi connectivity index (χ3v) is 5.70. The summed E-state index contributed by atoms with van der Waals surface area (Å²) in [5.41, 5.74) is 1.39. The fraction of sp³-hybridized carbons (Fsp3) is 0.500. The van der Waals surface area contributed by atoms with E-state index in [4.69, 9.17) is 5.14 Å². The van der Waals surface area contributed by atoms with Crippen molar-refractivity contribution in [1.29, 1.82) is 0 Å². The molecule has 0 saturated carbocycles. The van der Waals surface area contributed by atoms with Gasteiger partial charge in [0.1, 0.15) is 0 Å². The molecule has 0 bridgehead atoms. The third-order valence-electron chi connectivity index (χ3n) is 3.81. The average molecular weight is 385 g/mol. The number of hydrogen-bond donors (Lipinski definition) is 2. The maximum atomic E-state index is 12.0. The van der Waals surface area contributed by atoms with Crippen LogP contribution in [0.25, 0.3) is 11.0 Å². The number of benzene rings is 1. The van der Waals surface area contributed by atoms with Crippen molar-refractivity contribution in [1.82, 2.24) is 14.9 Å². The number of amides is 1. The topological polar surface area (TPSA) is 107 Å². The molecule has 1 aromatic heterocycles. The number of aryl methyl sites for hydroxylation is 1. The molecule has 0 aliphatic carbocycles. The molecule has 7 nitrogen and oxygen atoms in total. The van der Waals surface area contributed by atoms with E-state index in [0.29, 0.717) is 10.7 Å². The second-order valence-corrected chi connectivity index (χ2v) is 8.41. The summed E-state index contributed by atoms with van der Waals surface area (Å²) in [5, 5.41) is 8.81. The van der Waals surface area contributed by atoms with Gasteiger partial charge in [-0.3, -0.25) is 4.79 Å². The van der Waals surface area contributed by atoms with E-state index < -0.39 is 10.0 Å². The number of hydrogen-bond acceptors (Lipinski definition) is 5. The quantitative estimate of drug-likeness (QED) is 0.678. The van der Waals surface area contributed by atoms with Gasteiger partial charge in [-0.2, -0.15) is 0 Å². The van der Waals surface area contributed by atoms with E-state index >= 15 is 0 Å². The van der Waals surface area contributed by atoms with Crippen LogP contribution in [-0.2, 0) is 21.4 Å². The summed E-state index contributed by atoms with van der Waals surface area (Å²) in [6.45, 7) is 6.76. The van der Waals surface area contributed by atoms with Crippen LogP contribution in [0.1, 0.15) is 33.6 Å². The largest absolute Gasteiger partial charge is 0.353 e. The molecule has 9 heteroatoms. The fourth-order valence-corrected chi connectivity index (χ4v) is 3.75. The molecule has 0 saturated heterocycles. The van der Waals surface area contributed by atoms with Crippen molar-refractivity contribution in [3.05, 3.63) is 18.2 Å². The first-order valence-electron chi connectivity index (χ1n) is 8.21. The summed E-state index contributed by atoms with van der Waals surface area (Å²) in [4.78, 5) is 16.5. The summed E-state index contributed by atoms with van der Waals surface area (Å²) >= 11 is 1.35. The number of carbonyl (C=O) groups is 1. The van der Waals surface area contributed by atoms with E-state index in [9.17, 15) is 13.2 Å². The Morgan fingerprint density at radius 3 is 2.72 bits per heavy atom. The first-order valence-corrected chi connectivity index (χ1v) is 10.7. The minimum atomic E-state index is -3.77. The summed E-state index contributed by atoms with van der Waals surface area (Å²) < 4.78 is 25.1. The van der Waals surface area contributed by atoms with Crippen LogP contribution in [0.2, 0.25) is 0 Å². The minimum absolute atomic E-state index is 0.0345. The molecule has 0 unspecified atom stereocenters. The second kappa shape index (κ2) is 8.20. The smallest absolute Gasteiger partial charge is 0.238 e. The molecule has 1 amide bonds. The molecule has 1 heterocycles. The number of thioether (sulfide) groups is 1. The number of rotatable bonds is 8. The van der Waals surface area contributed by atoms with Gasteiger partial charge < -0.3 is 9.88 Å². The lowest BCUT2D eigenvalue weighted by Crippen LogP contribution is -2.33. The Kier molecular flexibility index (Phi) is 6.47. The van der Waals surface area contributed by atoms with Gasteiger partial charge in [0.05, 0.1) is 21.7 Å². The minimum Gasteiger partial charge on any atom is -0.353 e. The van der Waals surface area contributed by atoms with E-state index in [1.54, 1.807) is 6.07 Å². The van der Waals surface area contributed by atoms with Gasteiger partial charge in [-0.05, 0) is 38.0 Å². The maximum Gasteiger partial charge on any atom is 0.238 e. The maximum absolute atomic E-state index is 12.0. The number of primary sulfonamides is 1. The van der Waals surface area contributed by atoms with E-state index in [0.717, 1.165) is 24.9 Å². The van der Waals surface area contributed by atoms with Crippen molar-refractivity contribution in [3.8, 4) is 0 Å². The highest BCUT2D eigenvalue weighted by Gasteiger charge is 2.16. The molecule has 2 rings (SSSR count). The van der Waals surface area contributed by atoms with Crippen molar-refractivity contribution in [2.24, 2.45) is 5.14 Å². The van der Waals surface area contributed by atoms with Crippen LogP contribution in [0, 0.1) is 0 Å². The van der Waals surface area contributed by atoms with Crippen molar-refractivity contribution in [2.75, 3.05) is 5.75 Å². The van der Waals surface area contributed by atoms with Crippen LogP contribution in [0.3, 0.4) is 0 Å². The Morgan fingerprint density at radius 2 is 2.12 bits per heavy atom. The molecule has 1 atom stereocenters. The summed E-state index contributed by atoms with van der Waals surface area (Å²) in [6.07, 6.45) is 1.77. The zero-order valence-corrected chi connectivity index (χ0v) is 16.3. The van der Waals surface area contributed by atoms with E-state index in [1.807, 2.05) is 18.4 Å². The van der Waals surface area contributed by atoms with Crippen LogP contribution in [0.4, 0.5) is 0 Å². The number of aromatic nitrogens is 2. The molecular weight excluding hydrogens is 360 g/mol. The van der Waals surface area contributed by atoms with Gasteiger partial charge in [-0.1, -0.05) is 25.6 Å². The van der Waals surface area contributed by atoms with E-state index in [-0.39, 0.29) is 22.6 Å². The number of imidazole rings is 1. The molecule has 1 aromatic carbocycles. The van der Waals surface area contributed by atoms with Gasteiger partial charge in [0.2, 0.25) is 15.9 Å². The Bertz CT molecular complexity index is 862. The summed E-state index contributed by atoms with van der Waals surface area (Å²) in [5.74, 6) is 0.221. The predicted molar refractivity (Wildman–Crippen MR) is 100 cm³/mol. The standard InChI is InChI=1S/C16H24N4O3S2/c1-4-8-20-14-7-6-12(25(17,22)23)9-13(14)19-16(20)24-10-15(21)18-11(3)5-2/h6-7,9,11H,4-5,8,10H2,1-3H3,(H,18,21)(H2,17,22,23)/t11-/m0/s1. The summed E-state index contributed by atoms with van der Waals surface area (Å²) in [6, 6.07) is 4.80. The Hall–Kier alpha value is -1.58. The zero-order chi connectivity index (χ0) is 18.6. The monoisotopic (exact) mass is 384 g/mol. The number of fused-ring (bicyclic) bond motifs is 1. The molecule has 0 radical (unpaired) electrons. The average Bonchev–Trinajstić information content (AvgIpc) is 2.89. The van der Waals surface area contributed by atoms with Crippen molar-refractivity contribution in [2.45, 2.75) is 56.3 Å². The normalized spacial score (nSPS) is 13.1. The lowest BCUT2D eigenvalue weighted by atomic mass is 10.3. The van der Waals surface area contributed by atoms with E-state index in [2.05, 4.69) is 17.2 Å². The molecule has 138 valence electrons. The zero-order valence-electron chi connectivity index (χ0n) is 14.7. The van der Waals surface area contributed by atoms with Crippen molar-refractivity contribution >= 4 is 38.7 Å². The van der Waals surface area contributed by atoms with Crippen LogP contribution in [-0.4, -0.2) is 35.7 Å². The van der Waals surface area contributed by atoms with Gasteiger partial charge in [-0.15, -0.1) is 0 Å². The first-order chi connectivity index (χ1) is 11.8. The lowest BCUT2D eigenvalue weighted by Gasteiger charge is -2.11. The molecule has 0 aliphatic rings. The molecular formula is C16H24N4O3S2. The van der Waals surface area contributed by atoms with Gasteiger partial charge in [-0.25, -0.2) is 18.5 Å². The van der Waals surface area contributed by atoms with Crippen LogP contribution < -0.4 is 10.5 Å². The number of nitrogens with one attached hydrogen (secondary N) is 1. The Labute approximate surface area is 152 Å². The van der Waals surface area contributed by atoms with Crippen molar-refractivity contribution in [3.63, 3.8) is 0 Å². The fourth-order valence-electron chi connectivity index (χ4n) is 2.36. The predicted octanol–water partition coefficient (Wildman–Crippen LogP) is 2.10. The Balaban J connectivity index is 2.29. The van der Waals surface area contributed by atoms with Gasteiger partial charge in [0, 0.05) is 12.6 Å². The van der Waals surface area contributed by atoms with Gasteiger partial charge in [0.15, 0.2) is 5.16 Å².